The molecule has 1 fully saturated rings. The molecule has 1 aliphatic heterocycles. The van der Waals surface area contributed by atoms with Gasteiger partial charge >= 0.3 is 6.09 Å². The number of ether oxygens (including phenoxy) is 1. The maximum absolute atomic E-state index is 12.2. The third kappa shape index (κ3) is 3.39. The maximum atomic E-state index is 12.2. The molecule has 0 radical (unpaired) electrons. The van der Waals surface area contributed by atoms with Crippen molar-refractivity contribution in [1.82, 2.24) is 15.2 Å². The fraction of sp³-hybridized carbons (Fsp3) is 0.500. The number of fused-ring (bicyclic) bond motifs is 1. The van der Waals surface area contributed by atoms with E-state index in [2.05, 4.69) is 16.4 Å². The van der Waals surface area contributed by atoms with Crippen LogP contribution in [0.3, 0.4) is 0 Å². The van der Waals surface area contributed by atoms with Gasteiger partial charge in [0.25, 0.3) is 0 Å². The monoisotopic (exact) mass is 319 g/mol. The third-order valence-electron chi connectivity index (χ3n) is 3.44. The van der Waals surface area contributed by atoms with Gasteiger partial charge in [0.1, 0.15) is 10.6 Å². The first-order chi connectivity index (χ1) is 10.4. The summed E-state index contributed by atoms with van der Waals surface area (Å²) in [7, 11) is 0. The quantitative estimate of drug-likeness (QED) is 0.877. The van der Waals surface area contributed by atoms with Gasteiger partial charge in [-0.3, -0.25) is 0 Å². The van der Waals surface area contributed by atoms with Crippen LogP contribution in [0.15, 0.2) is 24.3 Å². The Morgan fingerprint density at radius 3 is 2.91 bits per heavy atom. The van der Waals surface area contributed by atoms with Crippen LogP contribution >= 0.6 is 11.3 Å². The number of nitrogens with one attached hydrogen (secondary N) is 1. The Labute approximate surface area is 134 Å². The molecule has 5 nitrogen and oxygen atoms in total. The molecular weight excluding hydrogens is 298 g/mol. The number of carbonyl (C=O) groups is 1. The number of carbonyl (C=O) groups excluding carboxylic acids is 1. The van der Waals surface area contributed by atoms with Crippen molar-refractivity contribution in [3.05, 3.63) is 29.3 Å². The number of aromatic nitrogens is 1. The van der Waals surface area contributed by atoms with Crippen molar-refractivity contribution >= 4 is 27.6 Å². The van der Waals surface area contributed by atoms with E-state index in [0.717, 1.165) is 17.1 Å². The van der Waals surface area contributed by atoms with E-state index in [0.29, 0.717) is 13.1 Å². The summed E-state index contributed by atoms with van der Waals surface area (Å²) >= 11 is 1.68. The lowest BCUT2D eigenvalue weighted by molar-refractivity contribution is 0.0195. The van der Waals surface area contributed by atoms with Crippen LogP contribution in [0.25, 0.3) is 10.2 Å². The standard InChI is InChI=1S/C16H21N3O2S/c1-16(2,3)21-15(20)19-9-8-17-12(10-19)14-18-11-6-4-5-7-13(11)22-14/h4-7,12,17H,8-10H2,1-3H3. The Kier molecular flexibility index (Phi) is 4.06. The van der Waals surface area contributed by atoms with E-state index in [4.69, 9.17) is 4.74 Å². The lowest BCUT2D eigenvalue weighted by Gasteiger charge is -2.34. The summed E-state index contributed by atoms with van der Waals surface area (Å²) in [6, 6.07) is 8.17. The first-order valence-electron chi connectivity index (χ1n) is 7.49. The van der Waals surface area contributed by atoms with E-state index in [-0.39, 0.29) is 12.1 Å². The van der Waals surface area contributed by atoms with E-state index < -0.39 is 5.60 Å². The van der Waals surface area contributed by atoms with Gasteiger partial charge < -0.3 is 15.0 Å². The number of hydrogen-bond acceptors (Lipinski definition) is 5. The number of hydrogen-bond donors (Lipinski definition) is 1. The number of benzene rings is 1. The molecule has 0 saturated carbocycles. The molecular formula is C16H21N3O2S. The van der Waals surface area contributed by atoms with Crippen LogP contribution in [-0.2, 0) is 4.74 Å². The van der Waals surface area contributed by atoms with Crippen LogP contribution < -0.4 is 5.32 Å². The van der Waals surface area contributed by atoms with Crippen LogP contribution in [0, 0.1) is 0 Å². The maximum Gasteiger partial charge on any atom is 0.410 e. The summed E-state index contributed by atoms with van der Waals surface area (Å²) in [6.45, 7) is 7.67. The van der Waals surface area contributed by atoms with Gasteiger partial charge in [-0.25, -0.2) is 9.78 Å². The predicted octanol–water partition coefficient (Wildman–Crippen LogP) is 3.18. The fourth-order valence-corrected chi connectivity index (χ4v) is 3.48. The smallest absolute Gasteiger partial charge is 0.410 e. The summed E-state index contributed by atoms with van der Waals surface area (Å²) in [4.78, 5) is 18.7. The lowest BCUT2D eigenvalue weighted by Crippen LogP contribution is -2.49. The Bertz CT molecular complexity index is 644. The van der Waals surface area contributed by atoms with Gasteiger partial charge in [-0.1, -0.05) is 12.1 Å². The van der Waals surface area contributed by atoms with Crippen molar-refractivity contribution in [3.63, 3.8) is 0 Å². The molecule has 1 unspecified atom stereocenters. The van der Waals surface area contributed by atoms with Crippen LogP contribution in [0.2, 0.25) is 0 Å². The minimum absolute atomic E-state index is 0.0682. The second-order valence-corrected chi connectivity index (χ2v) is 7.52. The number of nitrogens with zero attached hydrogens (tertiary/aromatic N) is 2. The molecule has 1 aliphatic rings. The molecule has 3 rings (SSSR count). The molecule has 1 aromatic carbocycles. The largest absolute Gasteiger partial charge is 0.444 e. The van der Waals surface area contributed by atoms with Crippen molar-refractivity contribution < 1.29 is 9.53 Å². The topological polar surface area (TPSA) is 54.5 Å². The minimum Gasteiger partial charge on any atom is -0.444 e. The zero-order chi connectivity index (χ0) is 15.7. The van der Waals surface area contributed by atoms with E-state index in [1.807, 2.05) is 39.0 Å². The van der Waals surface area contributed by atoms with Crippen LogP contribution in [0.4, 0.5) is 4.79 Å². The van der Waals surface area contributed by atoms with Crippen LogP contribution in [0.1, 0.15) is 31.8 Å². The normalized spacial score (nSPS) is 19.4. The zero-order valence-electron chi connectivity index (χ0n) is 13.1. The van der Waals surface area contributed by atoms with Gasteiger partial charge in [0.05, 0.1) is 16.3 Å². The Hall–Kier alpha value is -1.66. The molecule has 1 aromatic heterocycles. The number of para-hydroxylation sites is 1. The second-order valence-electron chi connectivity index (χ2n) is 6.45. The highest BCUT2D eigenvalue weighted by atomic mass is 32.1. The molecule has 1 atom stereocenters. The van der Waals surface area contributed by atoms with Gasteiger partial charge in [0.15, 0.2) is 0 Å². The SMILES string of the molecule is CC(C)(C)OC(=O)N1CCNC(c2nc3ccccc3s2)C1. The van der Waals surface area contributed by atoms with Gasteiger partial charge in [-0.2, -0.15) is 0 Å². The molecule has 2 aromatic rings. The van der Waals surface area contributed by atoms with Crippen LogP contribution in [0.5, 0.6) is 0 Å². The number of piperazine rings is 1. The molecule has 0 bridgehead atoms. The first kappa shape index (κ1) is 15.2. The minimum atomic E-state index is -0.465. The number of rotatable bonds is 1. The molecule has 1 N–H and O–H groups in total. The van der Waals surface area contributed by atoms with E-state index in [9.17, 15) is 4.79 Å². The van der Waals surface area contributed by atoms with Gasteiger partial charge in [0.2, 0.25) is 0 Å². The molecule has 1 amide bonds. The molecule has 1 saturated heterocycles. The van der Waals surface area contributed by atoms with Crippen molar-refractivity contribution in [2.75, 3.05) is 19.6 Å². The Morgan fingerprint density at radius 2 is 2.18 bits per heavy atom. The van der Waals surface area contributed by atoms with Gasteiger partial charge in [-0.05, 0) is 32.9 Å². The van der Waals surface area contributed by atoms with Crippen molar-refractivity contribution in [3.8, 4) is 0 Å². The molecule has 0 spiro atoms. The number of thiazole rings is 1. The van der Waals surface area contributed by atoms with Crippen molar-refractivity contribution in [1.29, 1.82) is 0 Å². The average Bonchev–Trinajstić information content (AvgIpc) is 2.89. The Morgan fingerprint density at radius 1 is 1.41 bits per heavy atom. The van der Waals surface area contributed by atoms with E-state index >= 15 is 0 Å². The molecule has 118 valence electrons. The summed E-state index contributed by atoms with van der Waals surface area (Å²) in [5.41, 5.74) is 0.548. The summed E-state index contributed by atoms with van der Waals surface area (Å²) < 4.78 is 6.64. The van der Waals surface area contributed by atoms with Gasteiger partial charge in [0, 0.05) is 19.6 Å². The first-order valence-corrected chi connectivity index (χ1v) is 8.31. The van der Waals surface area contributed by atoms with Crippen LogP contribution in [-0.4, -0.2) is 41.2 Å². The lowest BCUT2D eigenvalue weighted by atomic mass is 10.2. The predicted molar refractivity (Wildman–Crippen MR) is 88.2 cm³/mol. The van der Waals surface area contributed by atoms with Crippen molar-refractivity contribution in [2.45, 2.75) is 32.4 Å². The summed E-state index contributed by atoms with van der Waals surface area (Å²) in [6.07, 6.45) is -0.250. The summed E-state index contributed by atoms with van der Waals surface area (Å²) in [5.74, 6) is 0. The fourth-order valence-electron chi connectivity index (χ4n) is 2.45. The highest BCUT2D eigenvalue weighted by Crippen LogP contribution is 2.28. The molecule has 22 heavy (non-hydrogen) atoms. The molecule has 0 aliphatic carbocycles. The zero-order valence-corrected chi connectivity index (χ0v) is 13.9. The second kappa shape index (κ2) is 5.85. The van der Waals surface area contributed by atoms with E-state index in [1.165, 1.54) is 4.70 Å². The van der Waals surface area contributed by atoms with Gasteiger partial charge in [-0.15, -0.1) is 11.3 Å². The molecule has 6 heteroatoms. The summed E-state index contributed by atoms with van der Waals surface area (Å²) in [5, 5.41) is 4.47. The Balaban J connectivity index is 1.74. The van der Waals surface area contributed by atoms with Crippen molar-refractivity contribution in [2.24, 2.45) is 0 Å². The third-order valence-corrected chi connectivity index (χ3v) is 4.59. The van der Waals surface area contributed by atoms with E-state index in [1.54, 1.807) is 16.2 Å². The highest BCUT2D eigenvalue weighted by Gasteiger charge is 2.29. The molecule has 2 heterocycles. The highest BCUT2D eigenvalue weighted by molar-refractivity contribution is 7.18. The average molecular weight is 319 g/mol. The number of amides is 1.